The lowest BCUT2D eigenvalue weighted by molar-refractivity contribution is 0.208. The zero-order valence-corrected chi connectivity index (χ0v) is 20.0. The monoisotopic (exact) mass is 464 g/mol. The summed E-state index contributed by atoms with van der Waals surface area (Å²) in [4.78, 5) is 28.1. The van der Waals surface area contributed by atoms with Crippen LogP contribution in [0, 0.1) is 12.3 Å². The van der Waals surface area contributed by atoms with Gasteiger partial charge in [-0.2, -0.15) is 0 Å². The standard InChI is InChI=1S/C28H28N6O/c1-4-20-5-7-21(8-6-20)22-17-25-26(18-22)29-19-30-27(25)33-13-15-34(16-14-33)28(35)31-23-9-11-24(12-10-23)32(2)3/h1,5-12,17,19H,13-16,18H2,2-3H3,(H,31,35). The summed E-state index contributed by atoms with van der Waals surface area (Å²) in [5.41, 5.74) is 7.23. The van der Waals surface area contributed by atoms with Crippen molar-refractivity contribution in [2.24, 2.45) is 0 Å². The SMILES string of the molecule is C#Cc1ccc(C2=Cc3c(ncnc3N3CCN(C(=O)Nc4ccc(N(C)C)cc4)CC3)C2)cc1. The van der Waals surface area contributed by atoms with Crippen molar-refractivity contribution >= 4 is 34.9 Å². The van der Waals surface area contributed by atoms with Crippen molar-refractivity contribution in [1.82, 2.24) is 14.9 Å². The van der Waals surface area contributed by atoms with Crippen molar-refractivity contribution in [3.63, 3.8) is 0 Å². The minimum atomic E-state index is -0.0761. The number of piperazine rings is 1. The first-order valence-electron chi connectivity index (χ1n) is 11.7. The molecular weight excluding hydrogens is 436 g/mol. The van der Waals surface area contributed by atoms with Gasteiger partial charge in [-0.15, -0.1) is 6.42 Å². The Hall–Kier alpha value is -4.31. The Balaban J connectivity index is 1.24. The summed E-state index contributed by atoms with van der Waals surface area (Å²) in [5.74, 6) is 3.60. The van der Waals surface area contributed by atoms with Crippen molar-refractivity contribution in [2.75, 3.05) is 55.4 Å². The zero-order valence-electron chi connectivity index (χ0n) is 20.0. The van der Waals surface area contributed by atoms with Crippen LogP contribution >= 0.6 is 0 Å². The van der Waals surface area contributed by atoms with Crippen LogP contribution in [0.4, 0.5) is 22.0 Å². The van der Waals surface area contributed by atoms with Gasteiger partial charge in [-0.3, -0.25) is 0 Å². The topological polar surface area (TPSA) is 64.6 Å². The Kier molecular flexibility index (Phi) is 6.11. The summed E-state index contributed by atoms with van der Waals surface area (Å²) in [7, 11) is 3.99. The number of benzene rings is 2. The average Bonchev–Trinajstić information content (AvgIpc) is 3.34. The van der Waals surface area contributed by atoms with E-state index in [4.69, 9.17) is 6.42 Å². The van der Waals surface area contributed by atoms with Crippen molar-refractivity contribution in [2.45, 2.75) is 6.42 Å². The number of aromatic nitrogens is 2. The van der Waals surface area contributed by atoms with Gasteiger partial charge >= 0.3 is 6.03 Å². The quantitative estimate of drug-likeness (QED) is 0.592. The van der Waals surface area contributed by atoms with E-state index in [2.05, 4.69) is 44.3 Å². The fourth-order valence-electron chi connectivity index (χ4n) is 4.50. The molecule has 0 radical (unpaired) electrons. The van der Waals surface area contributed by atoms with Crippen LogP contribution in [0.2, 0.25) is 0 Å². The van der Waals surface area contributed by atoms with Gasteiger partial charge in [0.25, 0.3) is 0 Å². The highest BCUT2D eigenvalue weighted by Crippen LogP contribution is 2.35. The highest BCUT2D eigenvalue weighted by molar-refractivity contribution is 5.92. The maximum atomic E-state index is 12.8. The molecule has 2 amide bonds. The lowest BCUT2D eigenvalue weighted by atomic mass is 10.0. The molecule has 35 heavy (non-hydrogen) atoms. The normalized spacial score (nSPS) is 14.7. The summed E-state index contributed by atoms with van der Waals surface area (Å²) < 4.78 is 0. The van der Waals surface area contributed by atoms with Gasteiger partial charge < -0.3 is 20.0 Å². The van der Waals surface area contributed by atoms with Crippen molar-refractivity contribution in [3.05, 3.63) is 77.2 Å². The number of hydrogen-bond donors (Lipinski definition) is 1. The number of hydrogen-bond acceptors (Lipinski definition) is 5. The number of anilines is 3. The number of amides is 2. The molecule has 1 aliphatic carbocycles. The Morgan fingerprint density at radius 2 is 1.71 bits per heavy atom. The smallest absolute Gasteiger partial charge is 0.321 e. The second-order valence-electron chi connectivity index (χ2n) is 8.97. The molecular formula is C28H28N6O. The second-order valence-corrected chi connectivity index (χ2v) is 8.97. The van der Waals surface area contributed by atoms with Gasteiger partial charge in [-0.25, -0.2) is 14.8 Å². The van der Waals surface area contributed by atoms with E-state index in [0.29, 0.717) is 13.1 Å². The predicted molar refractivity (Wildman–Crippen MR) is 142 cm³/mol. The largest absolute Gasteiger partial charge is 0.378 e. The molecule has 1 fully saturated rings. The molecule has 5 rings (SSSR count). The van der Waals surface area contributed by atoms with Gasteiger partial charge in [0.2, 0.25) is 0 Å². The Labute approximate surface area is 206 Å². The van der Waals surface area contributed by atoms with Gasteiger partial charge in [0, 0.05) is 69.2 Å². The summed E-state index contributed by atoms with van der Waals surface area (Å²) >= 11 is 0. The summed E-state index contributed by atoms with van der Waals surface area (Å²) in [6, 6.07) is 15.8. The first-order valence-corrected chi connectivity index (χ1v) is 11.7. The molecule has 0 saturated carbocycles. The van der Waals surface area contributed by atoms with Gasteiger partial charge in [0.15, 0.2) is 0 Å². The van der Waals surface area contributed by atoms with E-state index >= 15 is 0 Å². The summed E-state index contributed by atoms with van der Waals surface area (Å²) in [6.45, 7) is 2.70. The molecule has 2 heterocycles. The minimum Gasteiger partial charge on any atom is -0.378 e. The number of urea groups is 1. The molecule has 1 aromatic heterocycles. The van der Waals surface area contributed by atoms with E-state index in [9.17, 15) is 4.79 Å². The molecule has 1 aliphatic heterocycles. The van der Waals surface area contributed by atoms with Crippen molar-refractivity contribution < 1.29 is 4.79 Å². The number of nitrogens with zero attached hydrogens (tertiary/aromatic N) is 5. The van der Waals surface area contributed by atoms with E-state index in [1.807, 2.05) is 60.3 Å². The highest BCUT2D eigenvalue weighted by atomic mass is 16.2. The molecule has 3 aromatic rings. The van der Waals surface area contributed by atoms with Gasteiger partial charge in [0.1, 0.15) is 12.1 Å². The lowest BCUT2D eigenvalue weighted by Crippen LogP contribution is -2.50. The number of fused-ring (bicyclic) bond motifs is 1. The highest BCUT2D eigenvalue weighted by Gasteiger charge is 2.26. The fraction of sp³-hybridized carbons (Fsp3) is 0.250. The Morgan fingerprint density at radius 1 is 1.00 bits per heavy atom. The van der Waals surface area contributed by atoms with Crippen molar-refractivity contribution in [3.8, 4) is 12.3 Å². The molecule has 0 bridgehead atoms. The van der Waals surface area contributed by atoms with Crippen LogP contribution in [0.3, 0.4) is 0 Å². The number of allylic oxidation sites excluding steroid dienone is 1. The van der Waals surface area contributed by atoms with Crippen LogP contribution < -0.4 is 15.1 Å². The third-order valence-electron chi connectivity index (χ3n) is 6.55. The van der Waals surface area contributed by atoms with E-state index < -0.39 is 0 Å². The molecule has 176 valence electrons. The second kappa shape index (κ2) is 9.51. The molecule has 0 atom stereocenters. The summed E-state index contributed by atoms with van der Waals surface area (Å²) in [5, 5.41) is 3.01. The average molecular weight is 465 g/mol. The molecule has 1 saturated heterocycles. The first-order chi connectivity index (χ1) is 17.0. The Bertz CT molecular complexity index is 1300. The van der Waals surface area contributed by atoms with Crippen LogP contribution in [0.25, 0.3) is 11.6 Å². The predicted octanol–water partition coefficient (Wildman–Crippen LogP) is 3.97. The summed E-state index contributed by atoms with van der Waals surface area (Å²) in [6.07, 6.45) is 10.1. The van der Waals surface area contributed by atoms with E-state index in [1.54, 1.807) is 6.33 Å². The maximum Gasteiger partial charge on any atom is 0.321 e. The third kappa shape index (κ3) is 4.69. The number of nitrogens with one attached hydrogen (secondary N) is 1. The van der Waals surface area contributed by atoms with Gasteiger partial charge in [0.05, 0.1) is 5.69 Å². The van der Waals surface area contributed by atoms with Gasteiger partial charge in [-0.05, 0) is 53.6 Å². The molecule has 1 N–H and O–H groups in total. The zero-order chi connectivity index (χ0) is 24.4. The molecule has 7 heteroatoms. The number of carbonyl (C=O) groups is 1. The van der Waals surface area contributed by atoms with Crippen LogP contribution in [-0.4, -0.2) is 61.2 Å². The van der Waals surface area contributed by atoms with E-state index in [1.165, 1.54) is 5.57 Å². The first kappa shape index (κ1) is 22.5. The fourth-order valence-corrected chi connectivity index (χ4v) is 4.50. The number of rotatable bonds is 4. The molecule has 7 nitrogen and oxygen atoms in total. The van der Waals surface area contributed by atoms with Crippen LogP contribution in [0.5, 0.6) is 0 Å². The third-order valence-corrected chi connectivity index (χ3v) is 6.55. The number of carbonyl (C=O) groups excluding carboxylic acids is 1. The maximum absolute atomic E-state index is 12.8. The lowest BCUT2D eigenvalue weighted by Gasteiger charge is -2.36. The van der Waals surface area contributed by atoms with Crippen LogP contribution in [0.1, 0.15) is 22.4 Å². The number of terminal acetylenes is 1. The molecule has 0 unspecified atom stereocenters. The van der Waals surface area contributed by atoms with E-state index in [0.717, 1.165) is 59.1 Å². The molecule has 2 aliphatic rings. The van der Waals surface area contributed by atoms with Crippen LogP contribution in [0.15, 0.2) is 54.9 Å². The van der Waals surface area contributed by atoms with Gasteiger partial charge in [-0.1, -0.05) is 18.1 Å². The molecule has 0 spiro atoms. The molecule has 2 aromatic carbocycles. The Morgan fingerprint density at radius 3 is 2.37 bits per heavy atom. The minimum absolute atomic E-state index is 0.0761. The van der Waals surface area contributed by atoms with Crippen LogP contribution in [-0.2, 0) is 6.42 Å². The van der Waals surface area contributed by atoms with Crippen molar-refractivity contribution in [1.29, 1.82) is 0 Å². The van der Waals surface area contributed by atoms with E-state index in [-0.39, 0.29) is 6.03 Å².